The first-order valence-electron chi connectivity index (χ1n) is 8.40. The molecule has 0 bridgehead atoms. The number of rotatable bonds is 5. The van der Waals surface area contributed by atoms with Crippen molar-refractivity contribution in [3.05, 3.63) is 23.0 Å². The van der Waals surface area contributed by atoms with Crippen molar-refractivity contribution in [1.82, 2.24) is 19.7 Å². The highest BCUT2D eigenvalue weighted by molar-refractivity contribution is 6.30. The van der Waals surface area contributed by atoms with Gasteiger partial charge >= 0.3 is 0 Å². The van der Waals surface area contributed by atoms with Crippen LogP contribution in [0, 0.1) is 0 Å². The van der Waals surface area contributed by atoms with Gasteiger partial charge in [-0.05, 0) is 18.9 Å². The van der Waals surface area contributed by atoms with E-state index in [2.05, 4.69) is 10.3 Å². The number of hydrogen-bond acceptors (Lipinski definition) is 2. The number of amides is 1. The van der Waals surface area contributed by atoms with E-state index in [1.54, 1.807) is 19.0 Å². The normalized spacial score (nSPS) is 15.6. The van der Waals surface area contributed by atoms with Crippen LogP contribution < -0.4 is 5.32 Å². The Bertz CT molecular complexity index is 590. The third-order valence-electron chi connectivity index (χ3n) is 4.39. The first-order valence-corrected chi connectivity index (χ1v) is 8.77. The monoisotopic (exact) mass is 353 g/mol. The van der Waals surface area contributed by atoms with E-state index in [0.717, 1.165) is 29.5 Å². The lowest BCUT2D eigenvalue weighted by Crippen LogP contribution is -2.44. The molecule has 24 heavy (non-hydrogen) atoms. The second-order valence-corrected chi connectivity index (χ2v) is 7.11. The number of carbonyl (C=O) groups is 1. The van der Waals surface area contributed by atoms with Crippen molar-refractivity contribution in [1.29, 1.82) is 0 Å². The van der Waals surface area contributed by atoms with E-state index in [4.69, 9.17) is 11.6 Å². The Balaban J connectivity index is 2.08. The summed E-state index contributed by atoms with van der Waals surface area (Å²) in [5.41, 5.74) is 1.10. The van der Waals surface area contributed by atoms with Crippen molar-refractivity contribution in [3.63, 3.8) is 0 Å². The van der Waals surface area contributed by atoms with E-state index in [1.807, 2.05) is 35.8 Å². The average molecular weight is 354 g/mol. The highest BCUT2D eigenvalue weighted by atomic mass is 35.5. The number of hydrogen-bond donors (Lipinski definition) is 1. The van der Waals surface area contributed by atoms with Crippen molar-refractivity contribution in [2.45, 2.75) is 38.3 Å². The zero-order valence-corrected chi connectivity index (χ0v) is 15.8. The Morgan fingerprint density at radius 1 is 1.38 bits per heavy atom. The van der Waals surface area contributed by atoms with Crippen molar-refractivity contribution >= 4 is 23.5 Å². The molecule has 1 amide bonds. The molecule has 7 heteroatoms. The number of aliphatic imine (C=N–C) groups is 1. The Labute approximate surface area is 149 Å². The summed E-state index contributed by atoms with van der Waals surface area (Å²) in [4.78, 5) is 20.0. The fourth-order valence-electron chi connectivity index (χ4n) is 2.85. The maximum absolute atomic E-state index is 11.9. The second kappa shape index (κ2) is 8.42. The van der Waals surface area contributed by atoms with Crippen LogP contribution in [0.1, 0.15) is 31.4 Å². The molecule has 1 aromatic rings. The standard InChI is InChI=1S/C17H28ClN5O/c1-21(2)16(24)10-19-17(20-14-7-5-6-8-14)23(4)12-15-9-13(18)11-22(15)3/h9,11,14H,5-8,10,12H2,1-4H3,(H,19,20). The van der Waals surface area contributed by atoms with Gasteiger partial charge in [0, 0.05) is 46.1 Å². The quantitative estimate of drug-likeness (QED) is 0.651. The number of nitrogens with zero attached hydrogens (tertiary/aromatic N) is 4. The number of carbonyl (C=O) groups excluding carboxylic acids is 1. The molecular weight excluding hydrogens is 326 g/mol. The summed E-state index contributed by atoms with van der Waals surface area (Å²) >= 11 is 6.07. The molecule has 0 radical (unpaired) electrons. The van der Waals surface area contributed by atoms with Gasteiger partial charge in [0.15, 0.2) is 5.96 Å². The minimum absolute atomic E-state index is 0.00367. The molecule has 1 aromatic heterocycles. The number of likely N-dealkylation sites (N-methyl/N-ethyl adjacent to an activating group) is 1. The lowest BCUT2D eigenvalue weighted by molar-refractivity contribution is -0.127. The second-order valence-electron chi connectivity index (χ2n) is 6.67. The molecule has 134 valence electrons. The number of aryl methyl sites for hydroxylation is 1. The summed E-state index contributed by atoms with van der Waals surface area (Å²) in [7, 11) is 7.46. The Morgan fingerprint density at radius 2 is 2.04 bits per heavy atom. The van der Waals surface area contributed by atoms with Crippen LogP contribution in [-0.2, 0) is 18.4 Å². The predicted molar refractivity (Wildman–Crippen MR) is 98.3 cm³/mol. The molecule has 0 unspecified atom stereocenters. The molecule has 0 aromatic carbocycles. The Morgan fingerprint density at radius 3 is 2.58 bits per heavy atom. The van der Waals surface area contributed by atoms with E-state index in [1.165, 1.54) is 12.8 Å². The Kier molecular flexibility index (Phi) is 6.54. The fourth-order valence-corrected chi connectivity index (χ4v) is 3.13. The molecule has 1 heterocycles. The number of aromatic nitrogens is 1. The zero-order chi connectivity index (χ0) is 17.7. The van der Waals surface area contributed by atoms with Gasteiger partial charge in [0.05, 0.1) is 11.6 Å². The third-order valence-corrected chi connectivity index (χ3v) is 4.59. The van der Waals surface area contributed by atoms with Gasteiger partial charge in [-0.1, -0.05) is 24.4 Å². The van der Waals surface area contributed by atoms with Gasteiger partial charge in [0.1, 0.15) is 6.54 Å². The third kappa shape index (κ3) is 5.16. The lowest BCUT2D eigenvalue weighted by Gasteiger charge is -2.25. The van der Waals surface area contributed by atoms with Crippen molar-refractivity contribution in [3.8, 4) is 0 Å². The smallest absolute Gasteiger partial charge is 0.243 e. The van der Waals surface area contributed by atoms with E-state index in [0.29, 0.717) is 12.6 Å². The Hall–Kier alpha value is -1.69. The lowest BCUT2D eigenvalue weighted by atomic mass is 10.2. The molecular formula is C17H28ClN5O. The van der Waals surface area contributed by atoms with Gasteiger partial charge in [0.2, 0.25) is 5.91 Å². The van der Waals surface area contributed by atoms with Gasteiger partial charge < -0.3 is 19.7 Å². The summed E-state index contributed by atoms with van der Waals surface area (Å²) in [6, 6.07) is 2.40. The van der Waals surface area contributed by atoms with Crippen LogP contribution in [0.15, 0.2) is 17.3 Å². The van der Waals surface area contributed by atoms with Crippen molar-refractivity contribution in [2.24, 2.45) is 12.0 Å². The molecule has 0 aliphatic heterocycles. The summed E-state index contributed by atoms with van der Waals surface area (Å²) in [6.45, 7) is 0.832. The van der Waals surface area contributed by atoms with Gasteiger partial charge in [-0.2, -0.15) is 0 Å². The summed E-state index contributed by atoms with van der Waals surface area (Å²) in [6.07, 6.45) is 6.70. The van der Waals surface area contributed by atoms with Crippen LogP contribution in [0.2, 0.25) is 5.02 Å². The summed E-state index contributed by atoms with van der Waals surface area (Å²) < 4.78 is 2.01. The SMILES string of the molecule is CN(C)C(=O)CN=C(NC1CCCC1)N(C)Cc1cc(Cl)cn1C. The molecule has 0 saturated heterocycles. The first-order chi connectivity index (χ1) is 11.4. The maximum atomic E-state index is 11.9. The molecule has 6 nitrogen and oxygen atoms in total. The molecule has 1 fully saturated rings. The van der Waals surface area contributed by atoms with E-state index in [9.17, 15) is 4.79 Å². The van der Waals surface area contributed by atoms with Crippen LogP contribution in [0.4, 0.5) is 0 Å². The van der Waals surface area contributed by atoms with Crippen molar-refractivity contribution < 1.29 is 4.79 Å². The predicted octanol–water partition coefficient (Wildman–Crippen LogP) is 2.09. The number of nitrogens with one attached hydrogen (secondary N) is 1. The molecule has 0 spiro atoms. The minimum atomic E-state index is -0.00367. The number of guanidine groups is 1. The first kappa shape index (κ1) is 18.6. The molecule has 2 rings (SSSR count). The minimum Gasteiger partial charge on any atom is -0.353 e. The molecule has 1 saturated carbocycles. The topological polar surface area (TPSA) is 52.9 Å². The van der Waals surface area contributed by atoms with Crippen LogP contribution in [0.25, 0.3) is 0 Å². The zero-order valence-electron chi connectivity index (χ0n) is 15.0. The fraction of sp³-hybridized carbons (Fsp3) is 0.647. The molecule has 1 aliphatic carbocycles. The van der Waals surface area contributed by atoms with Gasteiger partial charge in [-0.15, -0.1) is 0 Å². The van der Waals surface area contributed by atoms with Gasteiger partial charge in [-0.3, -0.25) is 4.79 Å². The highest BCUT2D eigenvalue weighted by Crippen LogP contribution is 2.18. The summed E-state index contributed by atoms with van der Waals surface area (Å²) in [5, 5.41) is 4.25. The van der Waals surface area contributed by atoms with Crippen molar-refractivity contribution in [2.75, 3.05) is 27.7 Å². The van der Waals surface area contributed by atoms with Gasteiger partial charge in [-0.25, -0.2) is 4.99 Å². The molecule has 1 N–H and O–H groups in total. The number of halogens is 1. The van der Waals surface area contributed by atoms with E-state index >= 15 is 0 Å². The van der Waals surface area contributed by atoms with E-state index < -0.39 is 0 Å². The van der Waals surface area contributed by atoms with Crippen LogP contribution in [0.3, 0.4) is 0 Å². The van der Waals surface area contributed by atoms with E-state index in [-0.39, 0.29) is 12.5 Å². The maximum Gasteiger partial charge on any atom is 0.243 e. The molecule has 1 aliphatic rings. The largest absolute Gasteiger partial charge is 0.353 e. The van der Waals surface area contributed by atoms with Crippen LogP contribution >= 0.6 is 11.6 Å². The average Bonchev–Trinajstić information content (AvgIpc) is 3.12. The summed E-state index contributed by atoms with van der Waals surface area (Å²) in [5.74, 6) is 0.769. The van der Waals surface area contributed by atoms with Crippen LogP contribution in [-0.4, -0.2) is 60.0 Å². The van der Waals surface area contributed by atoms with Crippen LogP contribution in [0.5, 0.6) is 0 Å². The highest BCUT2D eigenvalue weighted by Gasteiger charge is 2.19. The van der Waals surface area contributed by atoms with Gasteiger partial charge in [0.25, 0.3) is 0 Å². The molecule has 0 atom stereocenters.